The minimum absolute atomic E-state index is 0.164. The van der Waals surface area contributed by atoms with Crippen molar-refractivity contribution in [3.8, 4) is 0 Å². The minimum Gasteiger partial charge on any atom is -0.381 e. The maximum atomic E-state index is 12.8. The van der Waals surface area contributed by atoms with Crippen LogP contribution in [-0.2, 0) is 16.1 Å². The summed E-state index contributed by atoms with van der Waals surface area (Å²) in [6.45, 7) is 5.49. The van der Waals surface area contributed by atoms with Crippen LogP contribution in [-0.4, -0.2) is 60.6 Å². The van der Waals surface area contributed by atoms with Crippen LogP contribution in [0.2, 0.25) is 0 Å². The van der Waals surface area contributed by atoms with Crippen LogP contribution in [0.25, 0.3) is 0 Å². The lowest BCUT2D eigenvalue weighted by Crippen LogP contribution is -2.50. The summed E-state index contributed by atoms with van der Waals surface area (Å²) >= 11 is 0. The molecule has 2 aliphatic heterocycles. The van der Waals surface area contributed by atoms with Crippen molar-refractivity contribution in [1.29, 1.82) is 0 Å². The molecule has 4 rings (SSSR count). The number of hydrogen-bond acceptors (Lipinski definition) is 4. The maximum absolute atomic E-state index is 12.8. The molecule has 5 heteroatoms. The molecule has 2 saturated heterocycles. The second-order valence-electron chi connectivity index (χ2n) is 8.40. The second-order valence-corrected chi connectivity index (χ2v) is 8.40. The monoisotopic (exact) mass is 357 g/mol. The van der Waals surface area contributed by atoms with Crippen molar-refractivity contribution in [1.82, 2.24) is 14.8 Å². The van der Waals surface area contributed by atoms with Gasteiger partial charge in [0, 0.05) is 44.8 Å². The molecule has 1 saturated carbocycles. The van der Waals surface area contributed by atoms with Gasteiger partial charge in [0.05, 0.1) is 12.3 Å². The first-order valence-corrected chi connectivity index (χ1v) is 10.2. The van der Waals surface area contributed by atoms with Crippen molar-refractivity contribution in [2.75, 3.05) is 39.9 Å². The molecule has 5 nitrogen and oxygen atoms in total. The Bertz CT molecular complexity index is 605. The first kappa shape index (κ1) is 17.9. The molecule has 1 aliphatic carbocycles. The third-order valence-electron chi connectivity index (χ3n) is 6.35. The molecule has 0 spiro atoms. The number of piperidine rings is 1. The summed E-state index contributed by atoms with van der Waals surface area (Å²) in [7, 11) is 1.96. The number of amides is 1. The molecule has 1 aromatic heterocycles. The van der Waals surface area contributed by atoms with E-state index in [9.17, 15) is 4.79 Å². The third-order valence-corrected chi connectivity index (χ3v) is 6.35. The number of ether oxygens (including phenoxy) is 1. The molecule has 1 aromatic rings. The Labute approximate surface area is 156 Å². The normalized spacial score (nSPS) is 30.1. The molecule has 26 heavy (non-hydrogen) atoms. The van der Waals surface area contributed by atoms with Crippen molar-refractivity contribution >= 4 is 5.91 Å². The summed E-state index contributed by atoms with van der Waals surface area (Å²) in [5, 5.41) is 0. The molecule has 0 N–H and O–H groups in total. The van der Waals surface area contributed by atoms with Gasteiger partial charge in [0.15, 0.2) is 0 Å². The van der Waals surface area contributed by atoms with E-state index in [0.29, 0.717) is 17.7 Å². The second kappa shape index (κ2) is 8.05. The van der Waals surface area contributed by atoms with E-state index < -0.39 is 0 Å². The average Bonchev–Trinajstić information content (AvgIpc) is 3.48. The number of rotatable bonds is 6. The van der Waals surface area contributed by atoms with Crippen molar-refractivity contribution in [3.05, 3.63) is 30.1 Å². The lowest BCUT2D eigenvalue weighted by molar-refractivity contribution is -0.144. The maximum Gasteiger partial charge on any atom is 0.225 e. The molecule has 3 atom stereocenters. The molecule has 0 bridgehead atoms. The summed E-state index contributed by atoms with van der Waals surface area (Å²) in [5.74, 6) is 2.25. The number of aromatic nitrogens is 1. The van der Waals surface area contributed by atoms with Gasteiger partial charge in [-0.3, -0.25) is 14.7 Å². The lowest BCUT2D eigenvalue weighted by Gasteiger charge is -2.41. The Hall–Kier alpha value is -1.46. The van der Waals surface area contributed by atoms with Crippen LogP contribution < -0.4 is 0 Å². The number of hydrogen-bond donors (Lipinski definition) is 0. The van der Waals surface area contributed by atoms with E-state index >= 15 is 0 Å². The van der Waals surface area contributed by atoms with Crippen LogP contribution in [0.4, 0.5) is 0 Å². The van der Waals surface area contributed by atoms with Crippen molar-refractivity contribution in [3.63, 3.8) is 0 Å². The van der Waals surface area contributed by atoms with Gasteiger partial charge < -0.3 is 9.64 Å². The van der Waals surface area contributed by atoms with E-state index in [1.807, 2.05) is 30.3 Å². The Kier molecular flexibility index (Phi) is 5.55. The topological polar surface area (TPSA) is 45.7 Å². The summed E-state index contributed by atoms with van der Waals surface area (Å²) in [6.07, 6.45) is 6.57. The summed E-state index contributed by atoms with van der Waals surface area (Å²) < 4.78 is 6.03. The molecule has 1 amide bonds. The highest BCUT2D eigenvalue weighted by atomic mass is 16.5. The Morgan fingerprint density at radius 2 is 2.00 bits per heavy atom. The van der Waals surface area contributed by atoms with E-state index in [2.05, 4.69) is 16.0 Å². The van der Waals surface area contributed by atoms with Gasteiger partial charge in [0.2, 0.25) is 5.91 Å². The number of nitrogens with zero attached hydrogens (tertiary/aromatic N) is 3. The van der Waals surface area contributed by atoms with Gasteiger partial charge in [-0.15, -0.1) is 0 Å². The van der Waals surface area contributed by atoms with Crippen molar-refractivity contribution < 1.29 is 9.53 Å². The zero-order valence-electron chi connectivity index (χ0n) is 15.8. The summed E-state index contributed by atoms with van der Waals surface area (Å²) in [5.41, 5.74) is 1.12. The molecule has 0 unspecified atom stereocenters. The van der Waals surface area contributed by atoms with Gasteiger partial charge >= 0.3 is 0 Å². The Morgan fingerprint density at radius 1 is 1.15 bits per heavy atom. The molecule has 0 radical (unpaired) electrons. The van der Waals surface area contributed by atoms with Gasteiger partial charge in [-0.05, 0) is 62.7 Å². The third kappa shape index (κ3) is 4.26. The fraction of sp³-hybridized carbons (Fsp3) is 0.714. The van der Waals surface area contributed by atoms with Gasteiger partial charge in [-0.2, -0.15) is 0 Å². The molecule has 0 aromatic carbocycles. The van der Waals surface area contributed by atoms with Crippen LogP contribution in [0.1, 0.15) is 31.4 Å². The smallest absolute Gasteiger partial charge is 0.225 e. The number of fused-ring (bicyclic) bond motifs is 1. The van der Waals surface area contributed by atoms with Crippen LogP contribution in [0.5, 0.6) is 0 Å². The molecular formula is C21H31N3O2. The van der Waals surface area contributed by atoms with Crippen LogP contribution in [0.15, 0.2) is 24.4 Å². The predicted molar refractivity (Wildman–Crippen MR) is 100 cm³/mol. The van der Waals surface area contributed by atoms with Crippen LogP contribution in [0.3, 0.4) is 0 Å². The lowest BCUT2D eigenvalue weighted by atomic mass is 9.75. The van der Waals surface area contributed by atoms with Gasteiger partial charge in [0.1, 0.15) is 0 Å². The summed E-state index contributed by atoms with van der Waals surface area (Å²) in [6, 6.07) is 6.10. The molecule has 3 fully saturated rings. The van der Waals surface area contributed by atoms with Crippen molar-refractivity contribution in [2.45, 2.75) is 32.2 Å². The quantitative estimate of drug-likeness (QED) is 0.784. The zero-order valence-corrected chi connectivity index (χ0v) is 15.8. The number of carbonyl (C=O) groups excluding carboxylic acids is 1. The standard InChI is InChI=1S/C21H31N3O2/c1-23-12-17(15-26-14-16-5-6-16)19-7-10-24(11-8-20(19)21(23)25)13-18-4-2-3-9-22-18/h2-4,9,16-17,19-20H,5-8,10-15H2,1H3/t17-,19+,20+/m0/s1. The van der Waals surface area contributed by atoms with E-state index in [1.165, 1.54) is 12.8 Å². The fourth-order valence-corrected chi connectivity index (χ4v) is 4.64. The highest BCUT2D eigenvalue weighted by Crippen LogP contribution is 2.37. The van der Waals surface area contributed by atoms with E-state index in [-0.39, 0.29) is 5.92 Å². The van der Waals surface area contributed by atoms with Crippen molar-refractivity contribution in [2.24, 2.45) is 23.7 Å². The Balaban J connectivity index is 1.38. The first-order valence-electron chi connectivity index (χ1n) is 10.2. The predicted octanol–water partition coefficient (Wildman–Crippen LogP) is 2.42. The van der Waals surface area contributed by atoms with E-state index in [4.69, 9.17) is 4.74 Å². The molecule has 3 aliphatic rings. The number of pyridine rings is 1. The van der Waals surface area contributed by atoms with E-state index in [0.717, 1.165) is 63.8 Å². The molecule has 3 heterocycles. The summed E-state index contributed by atoms with van der Waals surface area (Å²) in [4.78, 5) is 21.6. The van der Waals surface area contributed by atoms with E-state index in [1.54, 1.807) is 0 Å². The van der Waals surface area contributed by atoms with Gasteiger partial charge in [-0.25, -0.2) is 0 Å². The first-order chi connectivity index (χ1) is 12.7. The van der Waals surface area contributed by atoms with Gasteiger partial charge in [-0.1, -0.05) is 6.07 Å². The largest absolute Gasteiger partial charge is 0.381 e. The highest BCUT2D eigenvalue weighted by molar-refractivity contribution is 5.79. The number of likely N-dealkylation sites (tertiary alicyclic amines) is 2. The molecule has 142 valence electrons. The number of carbonyl (C=O) groups is 1. The minimum atomic E-state index is 0.164. The van der Waals surface area contributed by atoms with Crippen LogP contribution in [0, 0.1) is 23.7 Å². The Morgan fingerprint density at radius 3 is 2.77 bits per heavy atom. The average molecular weight is 357 g/mol. The van der Waals surface area contributed by atoms with Crippen LogP contribution >= 0.6 is 0 Å². The zero-order chi connectivity index (χ0) is 17.9. The highest BCUT2D eigenvalue weighted by Gasteiger charge is 2.42. The van der Waals surface area contributed by atoms with Gasteiger partial charge in [0.25, 0.3) is 0 Å². The fourth-order valence-electron chi connectivity index (χ4n) is 4.64. The SMILES string of the molecule is CN1C[C@@H](COCC2CC2)[C@H]2CCN(Cc3ccccn3)CC[C@H]2C1=O. The molecular weight excluding hydrogens is 326 g/mol.